The van der Waals surface area contributed by atoms with E-state index in [4.69, 9.17) is 5.73 Å². The molecule has 2 heterocycles. The third-order valence-corrected chi connectivity index (χ3v) is 6.98. The Balaban J connectivity index is 1.75. The Bertz CT molecular complexity index is 1390. The number of nitrogens with zero attached hydrogens (tertiary/aromatic N) is 2. The molecule has 0 bridgehead atoms. The van der Waals surface area contributed by atoms with Gasteiger partial charge in [-0.05, 0) is 58.3 Å². The molecule has 0 saturated heterocycles. The van der Waals surface area contributed by atoms with E-state index in [1.54, 1.807) is 25.4 Å². The molecule has 3 N–H and O–H groups in total. The Morgan fingerprint density at radius 3 is 2.63 bits per heavy atom. The van der Waals surface area contributed by atoms with Gasteiger partial charge in [-0.1, -0.05) is 24.3 Å². The number of carbonyl (C=O) groups excluding carboxylic acids is 1. The molecule has 0 fully saturated rings. The van der Waals surface area contributed by atoms with Crippen molar-refractivity contribution in [1.82, 2.24) is 9.55 Å². The fraction of sp³-hybridized carbons (Fsp3) is 0.0476. The summed E-state index contributed by atoms with van der Waals surface area (Å²) in [7, 11) is -2.34. The fourth-order valence-corrected chi connectivity index (χ4v) is 4.95. The second kappa shape index (κ2) is 7.73. The van der Waals surface area contributed by atoms with Gasteiger partial charge in [0.25, 0.3) is 15.9 Å². The van der Waals surface area contributed by atoms with Crippen molar-refractivity contribution < 1.29 is 13.2 Å². The molecule has 0 unspecified atom stereocenters. The summed E-state index contributed by atoms with van der Waals surface area (Å²) in [5.74, 6) is -0.697. The minimum atomic E-state index is -3.90. The topological polar surface area (TPSA) is 107 Å². The maximum Gasteiger partial charge on any atom is 0.265 e. The van der Waals surface area contributed by atoms with Crippen LogP contribution in [0.15, 0.2) is 71.9 Å². The van der Waals surface area contributed by atoms with E-state index in [0.29, 0.717) is 5.69 Å². The van der Waals surface area contributed by atoms with Gasteiger partial charge in [0.2, 0.25) is 0 Å². The van der Waals surface area contributed by atoms with Crippen LogP contribution in [0.3, 0.4) is 0 Å². The van der Waals surface area contributed by atoms with Gasteiger partial charge in [0, 0.05) is 39.6 Å². The van der Waals surface area contributed by atoms with E-state index in [0.717, 1.165) is 25.6 Å². The van der Waals surface area contributed by atoms with Crippen LogP contribution < -0.4 is 10.5 Å². The molecular formula is C21H17IN4O3S. The Morgan fingerprint density at radius 1 is 1.13 bits per heavy atom. The number of pyridine rings is 1. The first-order chi connectivity index (χ1) is 14.3. The number of benzene rings is 2. The Kier molecular flexibility index (Phi) is 5.24. The molecule has 0 saturated carbocycles. The average molecular weight is 532 g/mol. The van der Waals surface area contributed by atoms with E-state index >= 15 is 0 Å². The maximum atomic E-state index is 12.8. The van der Waals surface area contributed by atoms with E-state index in [2.05, 4.69) is 32.3 Å². The van der Waals surface area contributed by atoms with Gasteiger partial charge < -0.3 is 10.3 Å². The highest BCUT2D eigenvalue weighted by Gasteiger charge is 2.20. The van der Waals surface area contributed by atoms with Gasteiger partial charge in [-0.25, -0.2) is 8.42 Å². The van der Waals surface area contributed by atoms with Crippen molar-refractivity contribution in [2.45, 2.75) is 4.90 Å². The van der Waals surface area contributed by atoms with Crippen molar-refractivity contribution in [1.29, 1.82) is 0 Å². The number of hydrogen-bond donors (Lipinski definition) is 2. The summed E-state index contributed by atoms with van der Waals surface area (Å²) >= 11 is 2.20. The van der Waals surface area contributed by atoms with E-state index in [1.807, 2.05) is 36.4 Å². The summed E-state index contributed by atoms with van der Waals surface area (Å²) in [5, 5.41) is 2.03. The number of amides is 1. The van der Waals surface area contributed by atoms with Crippen molar-refractivity contribution in [3.05, 3.63) is 76.3 Å². The van der Waals surface area contributed by atoms with Crippen LogP contribution in [0.4, 0.5) is 5.69 Å². The molecule has 152 valence electrons. The largest absolute Gasteiger partial charge is 0.364 e. The minimum absolute atomic E-state index is 0.0396. The number of halogens is 1. The zero-order valence-corrected chi connectivity index (χ0v) is 18.8. The lowest BCUT2D eigenvalue weighted by Crippen LogP contribution is -2.14. The first-order valence-corrected chi connectivity index (χ1v) is 11.4. The molecule has 0 radical (unpaired) electrons. The predicted molar refractivity (Wildman–Crippen MR) is 125 cm³/mol. The number of fused-ring (bicyclic) bond motifs is 1. The van der Waals surface area contributed by atoms with E-state index in [-0.39, 0.29) is 10.6 Å². The number of nitrogens with two attached hydrogens (primary N) is 1. The van der Waals surface area contributed by atoms with Crippen LogP contribution in [-0.2, 0) is 17.1 Å². The molecule has 0 spiro atoms. The molecule has 4 rings (SSSR count). The lowest BCUT2D eigenvalue weighted by molar-refractivity contribution is 0.0992. The summed E-state index contributed by atoms with van der Waals surface area (Å²) in [6.07, 6.45) is 3.09. The molecule has 7 nitrogen and oxygen atoms in total. The second-order valence-corrected chi connectivity index (χ2v) is 9.56. The Labute approximate surface area is 187 Å². The van der Waals surface area contributed by atoms with Crippen molar-refractivity contribution >= 4 is 55.0 Å². The molecule has 4 aromatic rings. The number of rotatable bonds is 5. The molecule has 0 atom stereocenters. The standard InChI is InChI=1S/C21H17IN4O3S/c1-26-12-15(11-19(26)21(23)27)30(28,29)25-14-6-7-18(22)17(10-14)20-16-5-3-2-4-13(16)8-9-24-20/h2-12,25H,1H3,(H2,23,27). The number of carbonyl (C=O) groups is 1. The number of anilines is 1. The molecule has 0 aliphatic rings. The van der Waals surface area contributed by atoms with Crippen molar-refractivity contribution in [2.24, 2.45) is 12.8 Å². The molecule has 1 amide bonds. The summed E-state index contributed by atoms with van der Waals surface area (Å²) in [6, 6.07) is 16.4. The Morgan fingerprint density at radius 2 is 1.90 bits per heavy atom. The normalized spacial score (nSPS) is 11.5. The van der Waals surface area contributed by atoms with Crippen molar-refractivity contribution in [2.75, 3.05) is 4.72 Å². The zero-order valence-electron chi connectivity index (χ0n) is 15.8. The van der Waals surface area contributed by atoms with Crippen molar-refractivity contribution in [3.8, 4) is 11.3 Å². The number of aryl methyl sites for hydroxylation is 1. The number of aromatic nitrogens is 2. The van der Waals surface area contributed by atoms with E-state index in [1.165, 1.54) is 16.8 Å². The molecule has 2 aromatic carbocycles. The lowest BCUT2D eigenvalue weighted by Gasteiger charge is -2.12. The summed E-state index contributed by atoms with van der Waals surface area (Å²) < 4.78 is 30.6. The van der Waals surface area contributed by atoms with E-state index in [9.17, 15) is 13.2 Å². The zero-order chi connectivity index (χ0) is 21.5. The number of primary amides is 1. The molecule has 9 heteroatoms. The summed E-state index contributed by atoms with van der Waals surface area (Å²) in [4.78, 5) is 15.9. The van der Waals surface area contributed by atoms with Crippen molar-refractivity contribution in [3.63, 3.8) is 0 Å². The smallest absolute Gasteiger partial charge is 0.265 e. The first kappa shape index (κ1) is 20.4. The molecule has 0 aliphatic carbocycles. The summed E-state index contributed by atoms with van der Waals surface area (Å²) in [6.45, 7) is 0. The van der Waals surface area contributed by atoms with Crippen LogP contribution in [0.5, 0.6) is 0 Å². The number of nitrogens with one attached hydrogen (secondary N) is 1. The van der Waals surface area contributed by atoms with Gasteiger partial charge in [0.05, 0.1) is 5.69 Å². The predicted octanol–water partition coefficient (Wildman–Crippen LogP) is 3.74. The fourth-order valence-electron chi connectivity index (χ4n) is 3.24. The van der Waals surface area contributed by atoms with Crippen LogP contribution in [-0.4, -0.2) is 23.9 Å². The SMILES string of the molecule is Cn1cc(S(=O)(=O)Nc2ccc(I)c(-c3nccc4ccccc34)c2)cc1C(N)=O. The third kappa shape index (κ3) is 3.77. The highest BCUT2D eigenvalue weighted by Crippen LogP contribution is 2.32. The lowest BCUT2D eigenvalue weighted by atomic mass is 10.0. The van der Waals surface area contributed by atoms with Gasteiger partial charge in [0.15, 0.2) is 0 Å². The summed E-state index contributed by atoms with van der Waals surface area (Å²) in [5.41, 5.74) is 7.38. The number of hydrogen-bond acceptors (Lipinski definition) is 4. The minimum Gasteiger partial charge on any atom is -0.364 e. The van der Waals surface area contributed by atoms with Gasteiger partial charge in [-0.3, -0.25) is 14.5 Å². The van der Waals surface area contributed by atoms with Gasteiger partial charge in [-0.15, -0.1) is 0 Å². The monoisotopic (exact) mass is 532 g/mol. The van der Waals surface area contributed by atoms with Crippen LogP contribution in [0.25, 0.3) is 22.0 Å². The Hall–Kier alpha value is -2.92. The number of sulfonamides is 1. The quantitative estimate of drug-likeness (QED) is 0.382. The molecule has 30 heavy (non-hydrogen) atoms. The highest BCUT2D eigenvalue weighted by atomic mass is 127. The van der Waals surface area contributed by atoms with Gasteiger partial charge in [0.1, 0.15) is 10.6 Å². The van der Waals surface area contributed by atoms with Gasteiger partial charge in [-0.2, -0.15) is 0 Å². The average Bonchev–Trinajstić information content (AvgIpc) is 3.12. The molecule has 2 aromatic heterocycles. The molecule has 0 aliphatic heterocycles. The first-order valence-electron chi connectivity index (χ1n) is 8.89. The van der Waals surface area contributed by atoms with Gasteiger partial charge >= 0.3 is 0 Å². The van der Waals surface area contributed by atoms with E-state index < -0.39 is 15.9 Å². The maximum absolute atomic E-state index is 12.8. The van der Waals surface area contributed by atoms with Crippen LogP contribution in [0.2, 0.25) is 0 Å². The third-order valence-electron chi connectivity index (χ3n) is 4.69. The second-order valence-electron chi connectivity index (χ2n) is 6.72. The van der Waals surface area contributed by atoms with Crippen LogP contribution >= 0.6 is 22.6 Å². The highest BCUT2D eigenvalue weighted by molar-refractivity contribution is 14.1. The van der Waals surface area contributed by atoms with Crippen LogP contribution in [0.1, 0.15) is 10.5 Å². The molecular weight excluding hydrogens is 515 g/mol. The van der Waals surface area contributed by atoms with Crippen LogP contribution in [0, 0.1) is 3.57 Å².